The van der Waals surface area contributed by atoms with Crippen LogP contribution >= 0.6 is 24.0 Å². The third-order valence-corrected chi connectivity index (χ3v) is 5.19. The van der Waals surface area contributed by atoms with Crippen LogP contribution in [0.1, 0.15) is 17.5 Å². The van der Waals surface area contributed by atoms with Crippen molar-refractivity contribution in [2.75, 3.05) is 13.2 Å². The summed E-state index contributed by atoms with van der Waals surface area (Å²) in [6.45, 7) is -0.0921. The smallest absolute Gasteiger partial charge is 0.131 e. The number of halogens is 2. The van der Waals surface area contributed by atoms with Gasteiger partial charge in [-0.15, -0.1) is 12.4 Å². The molecule has 0 radical (unpaired) electrons. The van der Waals surface area contributed by atoms with Gasteiger partial charge in [0.2, 0.25) is 0 Å². The van der Waals surface area contributed by atoms with Crippen molar-refractivity contribution in [2.24, 2.45) is 5.73 Å². The number of hydrogen-bond acceptors (Lipinski definition) is 5. The first kappa shape index (κ1) is 25.0. The highest BCUT2D eigenvalue weighted by molar-refractivity contribution is 6.31. The lowest BCUT2D eigenvalue weighted by molar-refractivity contribution is 0.115. The summed E-state index contributed by atoms with van der Waals surface area (Å²) in [5, 5.41) is 19.2. The molecule has 0 saturated heterocycles. The third-order valence-electron chi connectivity index (χ3n) is 4.84. The first-order valence-corrected chi connectivity index (χ1v) is 10.1. The molecule has 0 spiro atoms. The standard InChI is InChI=1S/C24H26ClNO4.ClH/c25-23-14-22(10-9-19(23)11-12-24(26,16-27)17-28)30-21-8-4-7-20(13-21)29-15-18-5-2-1-3-6-18;/h1-10,13-14,27-28H,11-12,15-17,26H2;1H. The first-order chi connectivity index (χ1) is 14.5. The maximum atomic E-state index is 9.32. The molecule has 0 bridgehead atoms. The molecule has 0 heterocycles. The van der Waals surface area contributed by atoms with Gasteiger partial charge in [0, 0.05) is 11.1 Å². The van der Waals surface area contributed by atoms with E-state index in [2.05, 4.69) is 0 Å². The quantitative estimate of drug-likeness (QED) is 0.403. The zero-order valence-electron chi connectivity index (χ0n) is 17.0. The van der Waals surface area contributed by atoms with E-state index >= 15 is 0 Å². The van der Waals surface area contributed by atoms with Crippen molar-refractivity contribution in [3.63, 3.8) is 0 Å². The fraction of sp³-hybridized carbons (Fsp3) is 0.250. The van der Waals surface area contributed by atoms with Crippen molar-refractivity contribution >= 4 is 24.0 Å². The molecule has 0 aliphatic rings. The van der Waals surface area contributed by atoms with Crippen molar-refractivity contribution in [1.29, 1.82) is 0 Å². The number of benzene rings is 3. The monoisotopic (exact) mass is 463 g/mol. The second-order valence-electron chi connectivity index (χ2n) is 7.28. The Morgan fingerprint density at radius 3 is 2.19 bits per heavy atom. The van der Waals surface area contributed by atoms with Crippen LogP contribution < -0.4 is 15.2 Å². The van der Waals surface area contributed by atoms with Gasteiger partial charge < -0.3 is 25.4 Å². The highest BCUT2D eigenvalue weighted by Gasteiger charge is 2.23. The van der Waals surface area contributed by atoms with Crippen LogP contribution in [0.15, 0.2) is 72.8 Å². The molecule has 4 N–H and O–H groups in total. The number of hydrogen-bond donors (Lipinski definition) is 3. The number of aryl methyl sites for hydroxylation is 1. The van der Waals surface area contributed by atoms with Gasteiger partial charge in [-0.25, -0.2) is 0 Å². The Balaban J connectivity index is 0.00000341. The minimum absolute atomic E-state index is 0. The normalized spacial score (nSPS) is 11.0. The molecular weight excluding hydrogens is 437 g/mol. The first-order valence-electron chi connectivity index (χ1n) is 9.75. The van der Waals surface area contributed by atoms with Crippen LogP contribution in [0.3, 0.4) is 0 Å². The summed E-state index contributed by atoms with van der Waals surface area (Å²) in [5.74, 6) is 1.96. The number of rotatable bonds is 10. The molecule has 3 rings (SSSR count). The number of aliphatic hydroxyl groups excluding tert-OH is 2. The van der Waals surface area contributed by atoms with Gasteiger partial charge in [0.15, 0.2) is 0 Å². The Hall–Kier alpha value is -2.28. The Labute approximate surface area is 193 Å². The molecule has 0 aliphatic heterocycles. The van der Waals surface area contributed by atoms with Gasteiger partial charge in [-0.3, -0.25) is 0 Å². The van der Waals surface area contributed by atoms with E-state index in [9.17, 15) is 10.2 Å². The van der Waals surface area contributed by atoms with E-state index in [1.54, 1.807) is 6.07 Å². The predicted octanol–water partition coefficient (Wildman–Crippen LogP) is 4.75. The zero-order valence-corrected chi connectivity index (χ0v) is 18.6. The van der Waals surface area contributed by atoms with Gasteiger partial charge >= 0.3 is 0 Å². The lowest BCUT2D eigenvalue weighted by atomic mass is 9.94. The van der Waals surface area contributed by atoms with E-state index < -0.39 is 5.54 Å². The van der Waals surface area contributed by atoms with E-state index in [0.29, 0.717) is 41.7 Å². The molecule has 5 nitrogen and oxygen atoms in total. The van der Waals surface area contributed by atoms with Gasteiger partial charge in [0.05, 0.1) is 18.8 Å². The van der Waals surface area contributed by atoms with E-state index in [0.717, 1.165) is 11.1 Å². The Bertz CT molecular complexity index is 949. The van der Waals surface area contributed by atoms with Crippen molar-refractivity contribution in [2.45, 2.75) is 25.0 Å². The van der Waals surface area contributed by atoms with Crippen LogP contribution in [-0.4, -0.2) is 29.0 Å². The van der Waals surface area contributed by atoms with Crippen molar-refractivity contribution < 1.29 is 19.7 Å². The molecule has 0 aromatic heterocycles. The summed E-state index contributed by atoms with van der Waals surface area (Å²) < 4.78 is 11.8. The van der Waals surface area contributed by atoms with Crippen LogP contribution in [0.2, 0.25) is 5.02 Å². The average molecular weight is 464 g/mol. The molecule has 0 fully saturated rings. The molecule has 0 atom stereocenters. The fourth-order valence-electron chi connectivity index (χ4n) is 2.89. The zero-order chi connectivity index (χ0) is 21.4. The Kier molecular flexibility index (Phi) is 9.62. The van der Waals surface area contributed by atoms with E-state index in [1.165, 1.54) is 0 Å². The second kappa shape index (κ2) is 11.9. The second-order valence-corrected chi connectivity index (χ2v) is 7.69. The average Bonchev–Trinajstić information content (AvgIpc) is 2.78. The van der Waals surface area contributed by atoms with Crippen molar-refractivity contribution in [3.8, 4) is 17.2 Å². The fourth-order valence-corrected chi connectivity index (χ4v) is 3.16. The van der Waals surface area contributed by atoms with Crippen LogP contribution in [0.5, 0.6) is 17.2 Å². The van der Waals surface area contributed by atoms with E-state index in [4.69, 9.17) is 26.8 Å². The van der Waals surface area contributed by atoms with Gasteiger partial charge in [0.25, 0.3) is 0 Å². The molecule has 0 aliphatic carbocycles. The summed E-state index contributed by atoms with van der Waals surface area (Å²) in [7, 11) is 0. The largest absolute Gasteiger partial charge is 0.489 e. The third kappa shape index (κ3) is 7.42. The van der Waals surface area contributed by atoms with Crippen LogP contribution in [0.4, 0.5) is 0 Å². The predicted molar refractivity (Wildman–Crippen MR) is 125 cm³/mol. The summed E-state index contributed by atoms with van der Waals surface area (Å²) in [4.78, 5) is 0. The highest BCUT2D eigenvalue weighted by Crippen LogP contribution is 2.30. The maximum absolute atomic E-state index is 9.32. The molecule has 31 heavy (non-hydrogen) atoms. The summed E-state index contributed by atoms with van der Waals surface area (Å²) in [6.07, 6.45) is 0.959. The van der Waals surface area contributed by atoms with Gasteiger partial charge in [-0.1, -0.05) is 54.1 Å². The lowest BCUT2D eigenvalue weighted by Crippen LogP contribution is -2.47. The lowest BCUT2D eigenvalue weighted by Gasteiger charge is -2.24. The van der Waals surface area contributed by atoms with Crippen molar-refractivity contribution in [1.82, 2.24) is 0 Å². The maximum Gasteiger partial charge on any atom is 0.131 e. The van der Waals surface area contributed by atoms with Crippen LogP contribution in [0, 0.1) is 0 Å². The summed E-state index contributed by atoms with van der Waals surface area (Å²) in [6, 6.07) is 22.8. The van der Waals surface area contributed by atoms with E-state index in [-0.39, 0.29) is 25.6 Å². The van der Waals surface area contributed by atoms with Gasteiger partial charge in [0.1, 0.15) is 23.9 Å². The SMILES string of the molecule is Cl.NC(CO)(CO)CCc1ccc(Oc2cccc(OCc3ccccc3)c2)cc1Cl. The number of aliphatic hydroxyl groups is 2. The van der Waals surface area contributed by atoms with E-state index in [1.807, 2.05) is 66.7 Å². The molecule has 0 saturated carbocycles. The molecule has 0 amide bonds. The summed E-state index contributed by atoms with van der Waals surface area (Å²) >= 11 is 6.39. The van der Waals surface area contributed by atoms with Gasteiger partial charge in [-0.05, 0) is 48.2 Å². The van der Waals surface area contributed by atoms with Crippen molar-refractivity contribution in [3.05, 3.63) is 88.9 Å². The molecule has 166 valence electrons. The minimum Gasteiger partial charge on any atom is -0.489 e. The van der Waals surface area contributed by atoms with Gasteiger partial charge in [-0.2, -0.15) is 0 Å². The molecular formula is C24H27Cl2NO4. The highest BCUT2D eigenvalue weighted by atomic mass is 35.5. The van der Waals surface area contributed by atoms with Crippen LogP contribution in [0.25, 0.3) is 0 Å². The molecule has 7 heteroatoms. The molecule has 3 aromatic carbocycles. The molecule has 3 aromatic rings. The molecule has 0 unspecified atom stereocenters. The Morgan fingerprint density at radius 1 is 0.839 bits per heavy atom. The van der Waals surface area contributed by atoms with Crippen LogP contribution in [-0.2, 0) is 13.0 Å². The Morgan fingerprint density at radius 2 is 1.52 bits per heavy atom. The number of nitrogens with two attached hydrogens (primary N) is 1. The minimum atomic E-state index is -1.02. The topological polar surface area (TPSA) is 84.9 Å². The number of ether oxygens (including phenoxy) is 2. The summed E-state index contributed by atoms with van der Waals surface area (Å²) in [5.41, 5.74) is 6.88.